The van der Waals surface area contributed by atoms with E-state index >= 15 is 0 Å². The van der Waals surface area contributed by atoms with Gasteiger partial charge in [0, 0.05) is 12.4 Å². The van der Waals surface area contributed by atoms with E-state index in [0.29, 0.717) is 5.92 Å². The Kier molecular flexibility index (Phi) is 4.69. The third-order valence-corrected chi connectivity index (χ3v) is 0.604. The van der Waals surface area contributed by atoms with Gasteiger partial charge in [0.1, 0.15) is 0 Å². The van der Waals surface area contributed by atoms with Crippen LogP contribution in [-0.4, -0.2) is 12.4 Å². The minimum absolute atomic E-state index is 0.465. The van der Waals surface area contributed by atoms with Gasteiger partial charge in [-0.1, -0.05) is 20.4 Å². The van der Waals surface area contributed by atoms with Crippen molar-refractivity contribution in [3.05, 3.63) is 12.7 Å². The van der Waals surface area contributed by atoms with E-state index in [1.54, 1.807) is 18.5 Å². The van der Waals surface area contributed by atoms with E-state index in [0.717, 1.165) is 0 Å². The molecule has 0 atom stereocenters. The van der Waals surface area contributed by atoms with Crippen LogP contribution in [-0.2, 0) is 0 Å². The van der Waals surface area contributed by atoms with Crippen LogP contribution in [0, 0.1) is 5.92 Å². The summed E-state index contributed by atoms with van der Waals surface area (Å²) in [4.78, 5) is 0. The summed E-state index contributed by atoms with van der Waals surface area (Å²) in [5, 5.41) is 7.39. The molecule has 0 aromatic rings. The summed E-state index contributed by atoms with van der Waals surface area (Å²) in [5.41, 5.74) is 0. The maximum Gasteiger partial charge on any atom is 0.0489 e. The third-order valence-electron chi connectivity index (χ3n) is 0.604. The summed E-state index contributed by atoms with van der Waals surface area (Å²) < 4.78 is 0. The molecule has 0 fully saturated rings. The van der Waals surface area contributed by atoms with Crippen LogP contribution in [0.4, 0.5) is 0 Å². The molecule has 0 aliphatic heterocycles. The summed E-state index contributed by atoms with van der Waals surface area (Å²) in [6.07, 6.45) is 4.93. The van der Waals surface area contributed by atoms with Crippen molar-refractivity contribution in [2.24, 2.45) is 16.1 Å². The summed E-state index contributed by atoms with van der Waals surface area (Å²) in [6, 6.07) is 0. The lowest BCUT2D eigenvalue weighted by atomic mass is 10.3. The molecule has 2 heteroatoms. The molecule has 0 radical (unpaired) electrons. The summed E-state index contributed by atoms with van der Waals surface area (Å²) in [5.74, 6) is 0.465. The van der Waals surface area contributed by atoms with Gasteiger partial charge in [0.2, 0.25) is 0 Å². The molecule has 0 aliphatic rings. The molecule has 2 nitrogen and oxygen atoms in total. The van der Waals surface area contributed by atoms with E-state index in [9.17, 15) is 0 Å². The largest absolute Gasteiger partial charge is 0.163 e. The number of hydrogen-bond acceptors (Lipinski definition) is 2. The zero-order chi connectivity index (χ0) is 7.11. The fourth-order valence-corrected chi connectivity index (χ4v) is 0.257. The molecule has 50 valence electrons. The van der Waals surface area contributed by atoms with Crippen molar-refractivity contribution in [1.82, 2.24) is 0 Å². The van der Waals surface area contributed by atoms with Crippen molar-refractivity contribution in [3.8, 4) is 0 Å². The predicted molar refractivity (Wildman–Crippen MR) is 42.0 cm³/mol. The van der Waals surface area contributed by atoms with Crippen molar-refractivity contribution >= 4 is 12.4 Å². The lowest BCUT2D eigenvalue weighted by molar-refractivity contribution is 0.900. The Morgan fingerprint density at radius 3 is 2.44 bits per heavy atom. The highest BCUT2D eigenvalue weighted by molar-refractivity contribution is 5.71. The number of nitrogens with zero attached hydrogens (tertiary/aromatic N) is 2. The highest BCUT2D eigenvalue weighted by atomic mass is 15.2. The molecule has 0 aliphatic carbocycles. The fraction of sp³-hybridized carbons (Fsp3) is 0.429. The van der Waals surface area contributed by atoms with Gasteiger partial charge in [-0.15, -0.1) is 0 Å². The van der Waals surface area contributed by atoms with Crippen LogP contribution in [0.15, 0.2) is 22.9 Å². The van der Waals surface area contributed by atoms with Gasteiger partial charge in [0.05, 0.1) is 0 Å². The molecule has 0 bridgehead atoms. The standard InChI is InChI=1S/C7H12N2/c1-4-5-8-9-6-7(2)3/h4-7H,1H2,2-3H3/b8-5-,9-6-. The molecule has 0 aromatic carbocycles. The molecule has 0 saturated heterocycles. The third kappa shape index (κ3) is 7.08. The molecule has 0 spiro atoms. The van der Waals surface area contributed by atoms with Crippen molar-refractivity contribution in [3.63, 3.8) is 0 Å². The molecule has 0 aromatic heterocycles. The van der Waals surface area contributed by atoms with Crippen molar-refractivity contribution < 1.29 is 0 Å². The van der Waals surface area contributed by atoms with E-state index in [1.807, 2.05) is 13.8 Å². The van der Waals surface area contributed by atoms with Crippen LogP contribution in [0.3, 0.4) is 0 Å². The van der Waals surface area contributed by atoms with Gasteiger partial charge >= 0.3 is 0 Å². The van der Waals surface area contributed by atoms with Crippen LogP contribution in [0.1, 0.15) is 13.8 Å². The lowest BCUT2D eigenvalue weighted by Gasteiger charge is -1.86. The molecular weight excluding hydrogens is 112 g/mol. The SMILES string of the molecule is C=C/C=N\N=C/C(C)C. The number of allylic oxidation sites excluding steroid dienone is 1. The smallest absolute Gasteiger partial charge is 0.0489 e. The van der Waals surface area contributed by atoms with Crippen molar-refractivity contribution in [1.29, 1.82) is 0 Å². The van der Waals surface area contributed by atoms with E-state index in [-0.39, 0.29) is 0 Å². The van der Waals surface area contributed by atoms with Crippen LogP contribution in [0.25, 0.3) is 0 Å². The zero-order valence-corrected chi connectivity index (χ0v) is 5.91. The average Bonchev–Trinajstić information content (AvgIpc) is 1.80. The summed E-state index contributed by atoms with van der Waals surface area (Å²) in [6.45, 7) is 7.55. The van der Waals surface area contributed by atoms with Gasteiger partial charge in [0.15, 0.2) is 0 Å². The second-order valence-corrected chi connectivity index (χ2v) is 2.01. The predicted octanol–water partition coefficient (Wildman–Crippen LogP) is 1.89. The Hall–Kier alpha value is -0.920. The molecule has 0 saturated carbocycles. The second-order valence-electron chi connectivity index (χ2n) is 2.01. The Balaban J connectivity index is 3.46. The second kappa shape index (κ2) is 5.22. The minimum atomic E-state index is 0.465. The van der Waals surface area contributed by atoms with Crippen LogP contribution in [0.2, 0.25) is 0 Å². The van der Waals surface area contributed by atoms with Gasteiger partial charge in [-0.3, -0.25) is 0 Å². The normalized spacial score (nSPS) is 11.9. The number of rotatable bonds is 3. The molecule has 9 heavy (non-hydrogen) atoms. The molecule has 0 heterocycles. The highest BCUT2D eigenvalue weighted by Gasteiger charge is 1.80. The Morgan fingerprint density at radius 1 is 1.33 bits per heavy atom. The highest BCUT2D eigenvalue weighted by Crippen LogP contribution is 1.84. The molecule has 0 unspecified atom stereocenters. The van der Waals surface area contributed by atoms with Crippen molar-refractivity contribution in [2.75, 3.05) is 0 Å². The van der Waals surface area contributed by atoms with Crippen LogP contribution >= 0.6 is 0 Å². The Labute approximate surface area is 56.0 Å². The summed E-state index contributed by atoms with van der Waals surface area (Å²) in [7, 11) is 0. The zero-order valence-electron chi connectivity index (χ0n) is 5.91. The maximum absolute atomic E-state index is 3.73. The molecular formula is C7H12N2. The maximum atomic E-state index is 3.73. The monoisotopic (exact) mass is 124 g/mol. The van der Waals surface area contributed by atoms with E-state index in [1.165, 1.54) is 0 Å². The topological polar surface area (TPSA) is 24.7 Å². The van der Waals surface area contributed by atoms with Gasteiger partial charge in [0.25, 0.3) is 0 Å². The van der Waals surface area contributed by atoms with Crippen LogP contribution < -0.4 is 0 Å². The fourth-order valence-electron chi connectivity index (χ4n) is 0.257. The first-order valence-corrected chi connectivity index (χ1v) is 2.95. The van der Waals surface area contributed by atoms with E-state index < -0.39 is 0 Å². The van der Waals surface area contributed by atoms with Crippen LogP contribution in [0.5, 0.6) is 0 Å². The minimum Gasteiger partial charge on any atom is -0.163 e. The first-order chi connectivity index (χ1) is 4.27. The van der Waals surface area contributed by atoms with E-state index in [2.05, 4.69) is 16.8 Å². The molecule has 0 rings (SSSR count). The Morgan fingerprint density at radius 2 is 2.00 bits per heavy atom. The summed E-state index contributed by atoms with van der Waals surface area (Å²) >= 11 is 0. The van der Waals surface area contributed by atoms with Gasteiger partial charge < -0.3 is 0 Å². The van der Waals surface area contributed by atoms with Gasteiger partial charge in [-0.05, 0) is 12.0 Å². The van der Waals surface area contributed by atoms with E-state index in [4.69, 9.17) is 0 Å². The first kappa shape index (κ1) is 8.08. The quantitative estimate of drug-likeness (QED) is 0.405. The molecule has 0 N–H and O–H groups in total. The van der Waals surface area contributed by atoms with Crippen molar-refractivity contribution in [2.45, 2.75) is 13.8 Å². The Bertz CT molecular complexity index is 123. The van der Waals surface area contributed by atoms with Gasteiger partial charge in [-0.2, -0.15) is 10.2 Å². The lowest BCUT2D eigenvalue weighted by Crippen LogP contribution is -1.84. The number of hydrogen-bond donors (Lipinski definition) is 0. The average molecular weight is 124 g/mol. The first-order valence-electron chi connectivity index (χ1n) is 2.95. The molecule has 0 amide bonds. The van der Waals surface area contributed by atoms with Gasteiger partial charge in [-0.25, -0.2) is 0 Å².